The number of benzene rings is 1. The lowest BCUT2D eigenvalue weighted by molar-refractivity contribution is -0.114. The predicted octanol–water partition coefficient (Wildman–Crippen LogP) is 3.69. The van der Waals surface area contributed by atoms with Crippen LogP contribution in [-0.2, 0) is 11.4 Å². The van der Waals surface area contributed by atoms with E-state index in [1.165, 1.54) is 0 Å². The van der Waals surface area contributed by atoms with Gasteiger partial charge in [0.2, 0.25) is 5.91 Å². The maximum atomic E-state index is 11.5. The molecule has 0 saturated carbocycles. The van der Waals surface area contributed by atoms with Crippen LogP contribution in [0.1, 0.15) is 25.3 Å². The van der Waals surface area contributed by atoms with Crippen LogP contribution in [0.2, 0.25) is 0 Å². The smallest absolute Gasteiger partial charge is 0.250 e. The summed E-state index contributed by atoms with van der Waals surface area (Å²) in [5.74, 6) is -0.521. The van der Waals surface area contributed by atoms with Crippen LogP contribution in [-0.4, -0.2) is 22.8 Å². The van der Waals surface area contributed by atoms with Gasteiger partial charge in [0.1, 0.15) is 6.04 Å². The van der Waals surface area contributed by atoms with E-state index in [0.717, 1.165) is 17.6 Å². The van der Waals surface area contributed by atoms with E-state index in [9.17, 15) is 4.79 Å². The Hall–Kier alpha value is -3.03. The number of nitrogens with two attached hydrogens (primary N) is 1. The number of fused-ring (bicyclic) bond motifs is 1. The summed E-state index contributed by atoms with van der Waals surface area (Å²) in [4.78, 5) is 11.5. The lowest BCUT2D eigenvalue weighted by Gasteiger charge is -2.14. The van der Waals surface area contributed by atoms with Crippen molar-refractivity contribution in [3.8, 4) is 0 Å². The quantitative estimate of drug-likeness (QED) is 0.642. The Balaban J connectivity index is 0.000000313. The molecule has 152 valence electrons. The summed E-state index contributed by atoms with van der Waals surface area (Å²) in [6.45, 7) is 1.82. The number of carbonyl (C=O) groups is 1. The van der Waals surface area contributed by atoms with Crippen molar-refractivity contribution in [3.05, 3.63) is 82.5 Å². The van der Waals surface area contributed by atoms with E-state index in [2.05, 4.69) is 21.0 Å². The van der Waals surface area contributed by atoms with Gasteiger partial charge in [0.05, 0.1) is 17.9 Å². The van der Waals surface area contributed by atoms with Crippen molar-refractivity contribution in [2.24, 2.45) is 21.2 Å². The SMILES string of the molecule is CC1=N\NN=NC2C=C(Cl)/C=C\C/C=C\2C/C=C\1C(N)=O.OCc1ccccc1. The third kappa shape index (κ3) is 7.48. The summed E-state index contributed by atoms with van der Waals surface area (Å²) in [6, 6.07) is 9.23. The van der Waals surface area contributed by atoms with Crippen molar-refractivity contribution in [1.82, 2.24) is 5.53 Å². The van der Waals surface area contributed by atoms with Gasteiger partial charge in [0.15, 0.2) is 0 Å². The maximum Gasteiger partial charge on any atom is 0.250 e. The lowest BCUT2D eigenvalue weighted by atomic mass is 9.98. The van der Waals surface area contributed by atoms with E-state index in [1.54, 1.807) is 19.1 Å². The van der Waals surface area contributed by atoms with Crippen molar-refractivity contribution in [2.45, 2.75) is 32.4 Å². The van der Waals surface area contributed by atoms with Crippen LogP contribution >= 0.6 is 11.6 Å². The van der Waals surface area contributed by atoms with Crippen LogP contribution in [0, 0.1) is 0 Å². The predicted molar refractivity (Wildman–Crippen MR) is 115 cm³/mol. The number of carbonyl (C=O) groups excluding carboxylic acids is 1. The Kier molecular flexibility index (Phi) is 9.01. The molecule has 0 aromatic heterocycles. The molecule has 1 heterocycles. The average Bonchev–Trinajstić information content (AvgIpc) is 2.71. The molecular formula is C21H24ClN5O2. The van der Waals surface area contributed by atoms with Gasteiger partial charge in [-0.1, -0.05) is 65.4 Å². The molecule has 0 saturated heterocycles. The molecule has 8 heteroatoms. The molecule has 1 aliphatic carbocycles. The standard InChI is InChI=1S/C14H16ClN5O.C7H8O/c1-9-12(14(16)21)7-6-10-4-2-3-5-11(15)8-13(10)18-20-19-17-9;8-6-7-4-2-1-3-5-7/h3-5,7-8,13H,2,6H2,1H3,(H2,16,21)(H,18,19);1-5,8H,6H2/b5-3-,10-4-,11-8?,12-7+,17-9+;. The lowest BCUT2D eigenvalue weighted by Crippen LogP contribution is -2.21. The van der Waals surface area contributed by atoms with Crippen LogP contribution in [0.3, 0.4) is 0 Å². The molecule has 1 amide bonds. The van der Waals surface area contributed by atoms with Gasteiger partial charge in [-0.25, -0.2) is 0 Å². The molecule has 4 N–H and O–H groups in total. The first kappa shape index (κ1) is 22.3. The highest BCUT2D eigenvalue weighted by Crippen LogP contribution is 2.22. The Morgan fingerprint density at radius 2 is 2.07 bits per heavy atom. The molecule has 0 spiro atoms. The molecule has 0 bridgehead atoms. The van der Waals surface area contributed by atoms with Gasteiger partial charge in [-0.15, -0.1) is 0 Å². The highest BCUT2D eigenvalue weighted by atomic mass is 35.5. The first-order valence-corrected chi connectivity index (χ1v) is 9.46. The largest absolute Gasteiger partial charge is 0.392 e. The highest BCUT2D eigenvalue weighted by molar-refractivity contribution is 6.31. The van der Waals surface area contributed by atoms with Gasteiger partial charge in [0.25, 0.3) is 0 Å². The molecule has 1 aromatic rings. The number of primary amides is 1. The minimum atomic E-state index is -0.521. The van der Waals surface area contributed by atoms with Crippen LogP contribution in [0.25, 0.3) is 0 Å². The van der Waals surface area contributed by atoms with Crippen LogP contribution in [0.15, 0.2) is 92.3 Å². The van der Waals surface area contributed by atoms with E-state index in [-0.39, 0.29) is 12.6 Å². The van der Waals surface area contributed by atoms with E-state index in [1.807, 2.05) is 48.6 Å². The fourth-order valence-electron chi connectivity index (χ4n) is 2.62. The number of aliphatic hydroxyl groups is 1. The van der Waals surface area contributed by atoms with Crippen molar-refractivity contribution in [2.75, 3.05) is 0 Å². The highest BCUT2D eigenvalue weighted by Gasteiger charge is 2.15. The molecule has 3 rings (SSSR count). The second-order valence-electron chi connectivity index (χ2n) is 6.26. The number of hydrogen-bond acceptors (Lipinski definition) is 6. The Bertz CT molecular complexity index is 886. The molecule has 1 unspecified atom stereocenters. The molecule has 7 nitrogen and oxygen atoms in total. The number of hydrogen-bond donors (Lipinski definition) is 3. The molecule has 0 fully saturated rings. The fourth-order valence-corrected chi connectivity index (χ4v) is 2.83. The number of hydrazone groups is 1. The molecule has 29 heavy (non-hydrogen) atoms. The third-order valence-corrected chi connectivity index (χ3v) is 4.41. The summed E-state index contributed by atoms with van der Waals surface area (Å²) in [6.07, 6.45) is 10.7. The minimum absolute atomic E-state index is 0.140. The second kappa shape index (κ2) is 11.7. The van der Waals surface area contributed by atoms with Crippen molar-refractivity contribution >= 4 is 23.2 Å². The topological polar surface area (TPSA) is 112 Å². The van der Waals surface area contributed by atoms with E-state index >= 15 is 0 Å². The number of nitrogens with zero attached hydrogens (tertiary/aromatic N) is 3. The minimum Gasteiger partial charge on any atom is -0.392 e. The van der Waals surface area contributed by atoms with Crippen molar-refractivity contribution in [3.63, 3.8) is 0 Å². The summed E-state index contributed by atoms with van der Waals surface area (Å²) in [5.41, 5.74) is 10.6. The average molecular weight is 414 g/mol. The third-order valence-electron chi connectivity index (χ3n) is 4.16. The van der Waals surface area contributed by atoms with E-state index < -0.39 is 5.91 Å². The van der Waals surface area contributed by atoms with Crippen molar-refractivity contribution < 1.29 is 9.90 Å². The Morgan fingerprint density at radius 1 is 1.31 bits per heavy atom. The molecule has 0 radical (unpaired) electrons. The zero-order valence-corrected chi connectivity index (χ0v) is 16.9. The molecule has 2 aliphatic rings. The number of halogens is 1. The zero-order chi connectivity index (χ0) is 21.1. The number of amides is 1. The van der Waals surface area contributed by atoms with Gasteiger partial charge in [-0.3, -0.25) is 4.79 Å². The monoisotopic (exact) mass is 413 g/mol. The second-order valence-corrected chi connectivity index (χ2v) is 6.69. The first-order chi connectivity index (χ1) is 14.0. The molecule has 1 aromatic carbocycles. The Labute approximate surface area is 175 Å². The molecular weight excluding hydrogens is 390 g/mol. The normalized spacial score (nSPS) is 25.3. The summed E-state index contributed by atoms with van der Waals surface area (Å²) in [7, 11) is 0. The maximum absolute atomic E-state index is 11.5. The fraction of sp³-hybridized carbons (Fsp3) is 0.238. The van der Waals surface area contributed by atoms with Gasteiger partial charge in [-0.05, 0) is 43.1 Å². The number of aliphatic hydroxyl groups excluding tert-OH is 1. The number of nitrogens with one attached hydrogen (secondary N) is 1. The van der Waals surface area contributed by atoms with Crippen LogP contribution in [0.4, 0.5) is 0 Å². The van der Waals surface area contributed by atoms with E-state index in [4.69, 9.17) is 22.4 Å². The van der Waals surface area contributed by atoms with Gasteiger partial charge >= 0.3 is 0 Å². The molecule has 1 atom stereocenters. The molecule has 1 aliphatic heterocycles. The Morgan fingerprint density at radius 3 is 2.72 bits per heavy atom. The van der Waals surface area contributed by atoms with Crippen LogP contribution < -0.4 is 11.3 Å². The van der Waals surface area contributed by atoms with Crippen molar-refractivity contribution in [1.29, 1.82) is 0 Å². The summed E-state index contributed by atoms with van der Waals surface area (Å²) in [5, 5.41) is 21.0. The van der Waals surface area contributed by atoms with Crippen LogP contribution in [0.5, 0.6) is 0 Å². The van der Waals surface area contributed by atoms with Gasteiger partial charge in [0, 0.05) is 5.03 Å². The summed E-state index contributed by atoms with van der Waals surface area (Å²) < 4.78 is 0. The first-order valence-electron chi connectivity index (χ1n) is 9.08. The summed E-state index contributed by atoms with van der Waals surface area (Å²) >= 11 is 6.09. The number of rotatable bonds is 2. The zero-order valence-electron chi connectivity index (χ0n) is 16.1. The van der Waals surface area contributed by atoms with Gasteiger partial charge in [-0.2, -0.15) is 15.8 Å². The number of allylic oxidation sites excluding steroid dienone is 5. The van der Waals surface area contributed by atoms with E-state index in [0.29, 0.717) is 22.7 Å². The van der Waals surface area contributed by atoms with Gasteiger partial charge < -0.3 is 10.8 Å².